The van der Waals surface area contributed by atoms with Crippen molar-refractivity contribution in [3.05, 3.63) is 120 Å². The van der Waals surface area contributed by atoms with Crippen molar-refractivity contribution in [1.82, 2.24) is 18.9 Å². The van der Waals surface area contributed by atoms with Crippen molar-refractivity contribution < 1.29 is 28.3 Å². The molecule has 310 valence electrons. The Morgan fingerprint density at radius 2 is 0.900 bits per heavy atom. The van der Waals surface area contributed by atoms with Crippen molar-refractivity contribution in [1.29, 1.82) is 0 Å². The number of nitrogens with one attached hydrogen (secondary N) is 2. The molecule has 4 heterocycles. The van der Waals surface area contributed by atoms with Crippen LogP contribution in [0.1, 0.15) is 107 Å². The van der Waals surface area contributed by atoms with Crippen molar-refractivity contribution in [2.24, 2.45) is 0 Å². The van der Waals surface area contributed by atoms with E-state index in [1.54, 1.807) is 0 Å². The fourth-order valence-corrected chi connectivity index (χ4v) is 8.81. The summed E-state index contributed by atoms with van der Waals surface area (Å²) in [6.45, 7) is 10.0. The molecule has 0 aliphatic carbocycles. The Morgan fingerprint density at radius 3 is 1.32 bits per heavy atom. The van der Waals surface area contributed by atoms with E-state index in [9.17, 15) is 19.2 Å². The number of nitrogens with zero attached hydrogens (tertiary/aromatic N) is 6. The van der Waals surface area contributed by atoms with Crippen molar-refractivity contribution in [3.63, 3.8) is 0 Å². The minimum Gasteiger partial charge on any atom is -0.385 e. The summed E-state index contributed by atoms with van der Waals surface area (Å²) in [7, 11) is 0. The first-order valence-electron chi connectivity index (χ1n) is 21.8. The molecular weight excluding hydrogens is 753 g/mol. The molecule has 8 rings (SSSR count). The Kier molecular flexibility index (Phi) is 12.4. The second-order valence-corrected chi connectivity index (χ2v) is 15.9. The highest BCUT2D eigenvalue weighted by atomic mass is 16.2. The number of aromatic nitrogens is 4. The highest BCUT2D eigenvalue weighted by molar-refractivity contribution is 6.27. The van der Waals surface area contributed by atoms with Gasteiger partial charge in [-0.05, 0) is 102 Å². The van der Waals surface area contributed by atoms with E-state index in [1.807, 2.05) is 74.5 Å². The number of rotatable bonds is 21. The molecule has 0 radical (unpaired) electrons. The van der Waals surface area contributed by atoms with Crippen LogP contribution in [-0.4, -0.2) is 68.7 Å². The molecular formula is C48H56N8O4+2. The first kappa shape index (κ1) is 40.5. The lowest BCUT2D eigenvalue weighted by atomic mass is 9.93. The average molecular weight is 809 g/mol. The maximum Gasteiger partial charge on any atom is 0.261 e. The number of carbonyl (C=O) groups excluding carboxylic acids is 4. The molecule has 0 saturated carbocycles. The van der Waals surface area contributed by atoms with Crippen LogP contribution >= 0.6 is 0 Å². The van der Waals surface area contributed by atoms with E-state index in [0.29, 0.717) is 35.3 Å². The summed E-state index contributed by atoms with van der Waals surface area (Å²) in [4.78, 5) is 54.3. The van der Waals surface area contributed by atoms with Crippen LogP contribution in [0, 0.1) is 0 Å². The lowest BCUT2D eigenvalue weighted by Gasteiger charge is -2.26. The zero-order valence-electron chi connectivity index (χ0n) is 34.9. The standard InChI is InChI=1S/C48H54N8O4/c1-3-55-45(57)37-17-13-15-35-41(21-19-39(43(35)37)47(55)59)49-23-7-5-9-25-51-29-31-53(33-51)27-11-12-28-54-32-30-52(34-54)26-10-6-8-24-50-42-22-20-40-44-36(42)16-14-18-38(44)46(58)56(4-2)48(40)60/h13-22,29-34H,3-12,23-28H2,1-2H3/p+2. The molecule has 0 bridgehead atoms. The number of amides is 4. The van der Waals surface area contributed by atoms with Gasteiger partial charge in [0.05, 0.1) is 26.2 Å². The third-order valence-electron chi connectivity index (χ3n) is 12.0. The number of benzene rings is 4. The van der Waals surface area contributed by atoms with Gasteiger partial charge in [0.2, 0.25) is 12.7 Å². The number of hydrogen-bond acceptors (Lipinski definition) is 6. The Labute approximate surface area is 351 Å². The molecule has 0 saturated heterocycles. The molecule has 0 spiro atoms. The van der Waals surface area contributed by atoms with Gasteiger partial charge < -0.3 is 10.6 Å². The van der Waals surface area contributed by atoms with Gasteiger partial charge in [-0.1, -0.05) is 24.3 Å². The smallest absolute Gasteiger partial charge is 0.261 e. The first-order valence-corrected chi connectivity index (χ1v) is 21.8. The summed E-state index contributed by atoms with van der Waals surface area (Å²) in [6, 6.07) is 19.1. The van der Waals surface area contributed by atoms with E-state index >= 15 is 0 Å². The zero-order chi connectivity index (χ0) is 41.6. The lowest BCUT2D eigenvalue weighted by molar-refractivity contribution is -0.707. The molecule has 12 nitrogen and oxygen atoms in total. The molecule has 2 aromatic heterocycles. The molecule has 12 heteroatoms. The number of carbonyl (C=O) groups is 4. The van der Waals surface area contributed by atoms with Crippen LogP contribution in [0.25, 0.3) is 21.5 Å². The Bertz CT molecular complexity index is 2330. The largest absolute Gasteiger partial charge is 0.385 e. The second-order valence-electron chi connectivity index (χ2n) is 15.9. The normalized spacial score (nSPS) is 13.6. The van der Waals surface area contributed by atoms with Crippen molar-refractivity contribution in [2.45, 2.75) is 91.4 Å². The van der Waals surface area contributed by atoms with Gasteiger partial charge in [-0.25, -0.2) is 18.3 Å². The van der Waals surface area contributed by atoms with Crippen LogP contribution in [0.15, 0.2) is 98.1 Å². The second kappa shape index (κ2) is 18.3. The molecule has 0 fully saturated rings. The van der Waals surface area contributed by atoms with E-state index in [2.05, 4.69) is 66.3 Å². The topological polar surface area (TPSA) is 116 Å². The summed E-state index contributed by atoms with van der Waals surface area (Å²) in [5.74, 6) is -0.858. The molecule has 2 aliphatic heterocycles. The quantitative estimate of drug-likeness (QED) is 0.0444. The van der Waals surface area contributed by atoms with Crippen LogP contribution in [0.3, 0.4) is 0 Å². The number of imide groups is 2. The summed E-state index contributed by atoms with van der Waals surface area (Å²) in [5.41, 5.74) is 4.34. The lowest BCUT2D eigenvalue weighted by Crippen LogP contribution is -2.40. The summed E-state index contributed by atoms with van der Waals surface area (Å²) >= 11 is 0. The van der Waals surface area contributed by atoms with Crippen LogP contribution in [0.4, 0.5) is 11.4 Å². The number of unbranched alkanes of at least 4 members (excludes halogenated alkanes) is 5. The third kappa shape index (κ3) is 8.28. The maximum absolute atomic E-state index is 12.9. The van der Waals surface area contributed by atoms with Crippen molar-refractivity contribution in [2.75, 3.05) is 36.8 Å². The maximum atomic E-state index is 12.9. The van der Waals surface area contributed by atoms with E-state index in [-0.39, 0.29) is 23.6 Å². The predicted octanol–water partition coefficient (Wildman–Crippen LogP) is 7.45. The fourth-order valence-electron chi connectivity index (χ4n) is 8.81. The van der Waals surface area contributed by atoms with E-state index in [1.165, 1.54) is 9.80 Å². The molecule has 2 aliphatic rings. The number of hydrogen-bond donors (Lipinski definition) is 2. The molecule has 4 aromatic carbocycles. The van der Waals surface area contributed by atoms with Crippen molar-refractivity contribution in [3.8, 4) is 0 Å². The molecule has 4 amide bonds. The molecule has 0 atom stereocenters. The van der Waals surface area contributed by atoms with Crippen LogP contribution in [0.2, 0.25) is 0 Å². The highest BCUT2D eigenvalue weighted by Crippen LogP contribution is 2.36. The number of imidazole rings is 2. The van der Waals surface area contributed by atoms with Gasteiger partial charge in [-0.3, -0.25) is 29.0 Å². The van der Waals surface area contributed by atoms with Crippen LogP contribution in [-0.2, 0) is 26.2 Å². The average Bonchev–Trinajstić information content (AvgIpc) is 3.93. The fraction of sp³-hybridized carbons (Fsp3) is 0.375. The zero-order valence-corrected chi connectivity index (χ0v) is 34.9. The highest BCUT2D eigenvalue weighted by Gasteiger charge is 2.33. The Hall–Kier alpha value is -6.30. The molecule has 6 aromatic rings. The summed E-state index contributed by atoms with van der Waals surface area (Å²) < 4.78 is 9.12. The predicted molar refractivity (Wildman–Crippen MR) is 233 cm³/mol. The van der Waals surface area contributed by atoms with Gasteiger partial charge in [0, 0.05) is 81.4 Å². The first-order chi connectivity index (χ1) is 29.4. The number of anilines is 2. The van der Waals surface area contributed by atoms with Crippen LogP contribution in [0.5, 0.6) is 0 Å². The van der Waals surface area contributed by atoms with Crippen molar-refractivity contribution >= 4 is 56.5 Å². The Balaban J connectivity index is 0.691. The van der Waals surface area contributed by atoms with Gasteiger partial charge in [0.1, 0.15) is 24.8 Å². The van der Waals surface area contributed by atoms with E-state index in [0.717, 1.165) is 124 Å². The van der Waals surface area contributed by atoms with Gasteiger partial charge in [-0.15, -0.1) is 0 Å². The molecule has 2 N–H and O–H groups in total. The van der Waals surface area contributed by atoms with Gasteiger partial charge in [0.25, 0.3) is 23.6 Å². The number of aryl methyl sites for hydroxylation is 4. The summed E-state index contributed by atoms with van der Waals surface area (Å²) in [5, 5.41) is 10.5. The van der Waals surface area contributed by atoms with Crippen LogP contribution < -0.4 is 19.8 Å². The van der Waals surface area contributed by atoms with Gasteiger partial charge in [0.15, 0.2) is 0 Å². The summed E-state index contributed by atoms with van der Waals surface area (Å²) in [6.07, 6.45) is 21.8. The van der Waals surface area contributed by atoms with Gasteiger partial charge in [-0.2, -0.15) is 0 Å². The van der Waals surface area contributed by atoms with Gasteiger partial charge >= 0.3 is 0 Å². The minimum absolute atomic E-state index is 0.214. The van der Waals surface area contributed by atoms with E-state index < -0.39 is 0 Å². The Morgan fingerprint density at radius 1 is 0.483 bits per heavy atom. The molecule has 60 heavy (non-hydrogen) atoms. The SMILES string of the molecule is CCN1C(=O)c2cccc3c(NCCCCCn4cc[n+](CCCC[n+]5ccn(CCCCCNc6ccc7c8c(cccc68)C(=O)N(CC)C7=O)c5)c4)ccc(c23)C1=O. The minimum atomic E-state index is -0.214. The molecule has 0 unspecified atom stereocenters. The monoisotopic (exact) mass is 808 g/mol. The van der Waals surface area contributed by atoms with E-state index in [4.69, 9.17) is 0 Å². The third-order valence-corrected chi connectivity index (χ3v) is 12.0.